The minimum absolute atomic E-state index is 0.00913. The molecule has 0 saturated heterocycles. The fourth-order valence-electron chi connectivity index (χ4n) is 1.66. The van der Waals surface area contributed by atoms with Gasteiger partial charge in [-0.05, 0) is 17.7 Å². The predicted octanol–water partition coefficient (Wildman–Crippen LogP) is 1.37. The Bertz CT molecular complexity index is 534. The second-order valence-corrected chi connectivity index (χ2v) is 5.85. The first-order valence-electron chi connectivity index (χ1n) is 5.04. The standard InChI is InChI=1S/C11H11F2NO2S/c12-9-3-8(4-10(13)5-9)6-14-11-1-2-17(15,16)7-11/h1-5,11,14H,6-7H2. The molecule has 0 radical (unpaired) electrons. The van der Waals surface area contributed by atoms with Crippen LogP contribution in [0.5, 0.6) is 0 Å². The summed E-state index contributed by atoms with van der Waals surface area (Å²) >= 11 is 0. The van der Waals surface area contributed by atoms with E-state index in [0.717, 1.165) is 11.5 Å². The fourth-order valence-corrected chi connectivity index (χ4v) is 2.93. The molecule has 1 aromatic carbocycles. The second kappa shape index (κ2) is 4.54. The van der Waals surface area contributed by atoms with Crippen molar-refractivity contribution in [2.45, 2.75) is 12.6 Å². The molecule has 1 aliphatic heterocycles. The smallest absolute Gasteiger partial charge is 0.173 e. The first-order valence-corrected chi connectivity index (χ1v) is 6.75. The highest BCUT2D eigenvalue weighted by Gasteiger charge is 2.20. The van der Waals surface area contributed by atoms with Gasteiger partial charge >= 0.3 is 0 Å². The van der Waals surface area contributed by atoms with Gasteiger partial charge in [0, 0.05) is 24.1 Å². The van der Waals surface area contributed by atoms with Crippen LogP contribution < -0.4 is 5.32 Å². The summed E-state index contributed by atoms with van der Waals surface area (Å²) in [5, 5.41) is 4.06. The lowest BCUT2D eigenvalue weighted by atomic mass is 10.2. The van der Waals surface area contributed by atoms with Crippen LogP contribution in [0.2, 0.25) is 0 Å². The molecule has 1 aromatic rings. The van der Waals surface area contributed by atoms with Gasteiger partial charge in [-0.1, -0.05) is 6.08 Å². The Morgan fingerprint density at radius 1 is 1.24 bits per heavy atom. The monoisotopic (exact) mass is 259 g/mol. The Morgan fingerprint density at radius 2 is 1.88 bits per heavy atom. The largest absolute Gasteiger partial charge is 0.305 e. The van der Waals surface area contributed by atoms with Gasteiger partial charge in [0.2, 0.25) is 0 Å². The van der Waals surface area contributed by atoms with Crippen LogP contribution >= 0.6 is 0 Å². The van der Waals surface area contributed by atoms with E-state index in [1.807, 2.05) is 0 Å². The lowest BCUT2D eigenvalue weighted by Crippen LogP contribution is -2.29. The maximum Gasteiger partial charge on any atom is 0.173 e. The number of sulfone groups is 1. The Balaban J connectivity index is 1.97. The minimum Gasteiger partial charge on any atom is -0.305 e. The van der Waals surface area contributed by atoms with Crippen LogP contribution in [0.25, 0.3) is 0 Å². The molecule has 1 N–H and O–H groups in total. The minimum atomic E-state index is -3.11. The van der Waals surface area contributed by atoms with E-state index >= 15 is 0 Å². The summed E-state index contributed by atoms with van der Waals surface area (Å²) in [6, 6.07) is 2.92. The van der Waals surface area contributed by atoms with Gasteiger partial charge < -0.3 is 5.32 Å². The molecule has 92 valence electrons. The highest BCUT2D eigenvalue weighted by atomic mass is 32.2. The molecular weight excluding hydrogens is 248 g/mol. The molecule has 1 atom stereocenters. The topological polar surface area (TPSA) is 46.2 Å². The number of benzene rings is 1. The van der Waals surface area contributed by atoms with E-state index < -0.39 is 21.5 Å². The van der Waals surface area contributed by atoms with Gasteiger partial charge in [-0.3, -0.25) is 0 Å². The SMILES string of the molecule is O=S1(=O)C=CC(NCc2cc(F)cc(F)c2)C1. The number of nitrogens with one attached hydrogen (secondary N) is 1. The molecule has 2 rings (SSSR count). The van der Waals surface area contributed by atoms with Crippen molar-refractivity contribution < 1.29 is 17.2 Å². The van der Waals surface area contributed by atoms with Gasteiger partial charge in [0.05, 0.1) is 5.75 Å². The fraction of sp³-hybridized carbons (Fsp3) is 0.273. The van der Waals surface area contributed by atoms with Crippen LogP contribution in [0.1, 0.15) is 5.56 Å². The average Bonchev–Trinajstić information content (AvgIpc) is 2.54. The third-order valence-corrected chi connectivity index (χ3v) is 3.82. The molecule has 1 aliphatic rings. The summed E-state index contributed by atoms with van der Waals surface area (Å²) in [6.45, 7) is 0.221. The molecule has 6 heteroatoms. The summed E-state index contributed by atoms with van der Waals surface area (Å²) in [7, 11) is -3.11. The van der Waals surface area contributed by atoms with Crippen molar-refractivity contribution in [3.05, 3.63) is 46.9 Å². The van der Waals surface area contributed by atoms with Gasteiger partial charge in [-0.2, -0.15) is 0 Å². The molecule has 0 aliphatic carbocycles. The van der Waals surface area contributed by atoms with Gasteiger partial charge in [-0.15, -0.1) is 0 Å². The van der Waals surface area contributed by atoms with Gasteiger partial charge in [0.25, 0.3) is 0 Å². The van der Waals surface area contributed by atoms with Crippen LogP contribution in [0, 0.1) is 11.6 Å². The first kappa shape index (κ1) is 12.2. The van der Waals surface area contributed by atoms with Crippen molar-refractivity contribution in [3.8, 4) is 0 Å². The Kier molecular flexibility index (Phi) is 3.26. The predicted molar refractivity (Wildman–Crippen MR) is 59.9 cm³/mol. The highest BCUT2D eigenvalue weighted by Crippen LogP contribution is 2.11. The zero-order valence-corrected chi connectivity index (χ0v) is 9.68. The van der Waals surface area contributed by atoms with Crippen molar-refractivity contribution in [1.29, 1.82) is 0 Å². The first-order chi connectivity index (χ1) is 7.94. The van der Waals surface area contributed by atoms with Crippen LogP contribution in [-0.2, 0) is 16.4 Å². The average molecular weight is 259 g/mol. The van der Waals surface area contributed by atoms with Crippen molar-refractivity contribution >= 4 is 9.84 Å². The maximum atomic E-state index is 12.9. The number of halogens is 2. The van der Waals surface area contributed by atoms with Crippen LogP contribution in [0.15, 0.2) is 29.7 Å². The normalized spacial score (nSPS) is 21.9. The lowest BCUT2D eigenvalue weighted by molar-refractivity contribution is 0.568. The Labute approximate surface area is 98.1 Å². The molecule has 3 nitrogen and oxygen atoms in total. The van der Waals surface area contributed by atoms with Crippen molar-refractivity contribution in [2.24, 2.45) is 0 Å². The third kappa shape index (κ3) is 3.34. The van der Waals surface area contributed by atoms with E-state index in [1.165, 1.54) is 18.2 Å². The van der Waals surface area contributed by atoms with Crippen LogP contribution in [0.4, 0.5) is 8.78 Å². The zero-order valence-electron chi connectivity index (χ0n) is 8.86. The second-order valence-electron chi connectivity index (χ2n) is 3.92. The van der Waals surface area contributed by atoms with Crippen LogP contribution in [0.3, 0.4) is 0 Å². The van der Waals surface area contributed by atoms with Crippen molar-refractivity contribution in [2.75, 3.05) is 5.75 Å². The summed E-state index contributed by atoms with van der Waals surface area (Å²) in [5.41, 5.74) is 0.445. The summed E-state index contributed by atoms with van der Waals surface area (Å²) < 4.78 is 48.0. The number of hydrogen-bond donors (Lipinski definition) is 1. The van der Waals surface area contributed by atoms with Crippen molar-refractivity contribution in [3.63, 3.8) is 0 Å². The van der Waals surface area contributed by atoms with Crippen molar-refractivity contribution in [1.82, 2.24) is 5.32 Å². The molecule has 1 unspecified atom stereocenters. The molecular formula is C11H11F2NO2S. The summed E-state index contributed by atoms with van der Waals surface area (Å²) in [5.74, 6) is -1.29. The molecule has 0 saturated carbocycles. The number of rotatable bonds is 3. The molecule has 0 amide bonds. The molecule has 0 bridgehead atoms. The van der Waals surface area contributed by atoms with E-state index in [4.69, 9.17) is 0 Å². The van der Waals surface area contributed by atoms with E-state index in [1.54, 1.807) is 0 Å². The molecule has 0 spiro atoms. The molecule has 0 aromatic heterocycles. The number of hydrogen-bond acceptors (Lipinski definition) is 3. The lowest BCUT2D eigenvalue weighted by Gasteiger charge is -2.09. The van der Waals surface area contributed by atoms with Gasteiger partial charge in [0.1, 0.15) is 11.6 Å². The maximum absolute atomic E-state index is 12.9. The summed E-state index contributed by atoms with van der Waals surface area (Å²) in [6.07, 6.45) is 1.53. The van der Waals surface area contributed by atoms with E-state index in [2.05, 4.69) is 5.32 Å². The quantitative estimate of drug-likeness (QED) is 0.891. The highest BCUT2D eigenvalue weighted by molar-refractivity contribution is 7.94. The van der Waals surface area contributed by atoms with Gasteiger partial charge in [0.15, 0.2) is 9.84 Å². The van der Waals surface area contributed by atoms with Crippen LogP contribution in [-0.4, -0.2) is 20.2 Å². The molecule has 17 heavy (non-hydrogen) atoms. The third-order valence-electron chi connectivity index (χ3n) is 2.42. The molecule has 0 fully saturated rings. The van der Waals surface area contributed by atoms with Gasteiger partial charge in [-0.25, -0.2) is 17.2 Å². The van der Waals surface area contributed by atoms with E-state index in [-0.39, 0.29) is 18.3 Å². The Morgan fingerprint density at radius 3 is 2.41 bits per heavy atom. The molecule has 1 heterocycles. The van der Waals surface area contributed by atoms with E-state index in [0.29, 0.717) is 5.56 Å². The zero-order chi connectivity index (χ0) is 12.5. The van der Waals surface area contributed by atoms with E-state index in [9.17, 15) is 17.2 Å². The Hall–Kier alpha value is -1.27. The summed E-state index contributed by atoms with van der Waals surface area (Å²) in [4.78, 5) is 0.